The van der Waals surface area contributed by atoms with Crippen LogP contribution in [0.1, 0.15) is 52.0 Å². The molecular weight excluding hydrogens is 382 g/mol. The molecule has 1 N–H and O–H groups in total. The molecule has 158 valence electrons. The van der Waals surface area contributed by atoms with Crippen LogP contribution < -0.4 is 4.90 Å². The number of carboxylic acids is 1. The number of rotatable bonds is 6. The third-order valence-electron chi connectivity index (χ3n) is 6.01. The minimum absolute atomic E-state index is 0.109. The van der Waals surface area contributed by atoms with Crippen molar-refractivity contribution in [2.45, 2.75) is 32.2 Å². The lowest BCUT2D eigenvalue weighted by Gasteiger charge is -2.41. The lowest BCUT2D eigenvalue weighted by atomic mass is 9.89. The predicted octanol–water partition coefficient (Wildman–Crippen LogP) is 3.06. The number of carboxylic acid groups (broad SMARTS) is 1. The number of imide groups is 1. The molecule has 30 heavy (non-hydrogen) atoms. The first-order valence-corrected chi connectivity index (χ1v) is 10.4. The fourth-order valence-electron chi connectivity index (χ4n) is 4.91. The van der Waals surface area contributed by atoms with E-state index < -0.39 is 5.97 Å². The highest BCUT2D eigenvalue weighted by Gasteiger charge is 2.37. The summed E-state index contributed by atoms with van der Waals surface area (Å²) in [6.07, 6.45) is 1.93. The van der Waals surface area contributed by atoms with Gasteiger partial charge in [-0.25, -0.2) is 0 Å². The van der Waals surface area contributed by atoms with Crippen LogP contribution in [0.25, 0.3) is 10.8 Å². The van der Waals surface area contributed by atoms with Crippen molar-refractivity contribution in [2.24, 2.45) is 0 Å². The van der Waals surface area contributed by atoms with Gasteiger partial charge in [0.05, 0.1) is 19.8 Å². The van der Waals surface area contributed by atoms with Crippen molar-refractivity contribution in [1.29, 1.82) is 0 Å². The second kappa shape index (κ2) is 7.40. The molecule has 7 heteroatoms. The number of fused-ring (bicyclic) bond motifs is 2. The van der Waals surface area contributed by atoms with Crippen molar-refractivity contribution in [1.82, 2.24) is 4.90 Å². The molecule has 4 rings (SSSR count). The Balaban J connectivity index is 1.71. The zero-order valence-electron chi connectivity index (χ0n) is 17.8. The standard InChI is InChI=1S/C23H27N3O4/c1-24-14-26(2,3)13-15-12-18-20-16(21(15)24)8-7-9-17(20)22(29)25(23(18)30)11-6-4-5-10-19(27)28/h7-9,12H,4-6,10-11,13-14H2,1-3H3/p+1. The number of amides is 2. The van der Waals surface area contributed by atoms with Crippen molar-refractivity contribution in [2.75, 3.05) is 39.3 Å². The number of aliphatic carboxylic acids is 1. The van der Waals surface area contributed by atoms with Crippen molar-refractivity contribution in [3.05, 3.63) is 41.0 Å². The Labute approximate surface area is 176 Å². The van der Waals surface area contributed by atoms with Crippen molar-refractivity contribution < 1.29 is 24.0 Å². The average Bonchev–Trinajstić information content (AvgIpc) is 2.66. The molecule has 2 aliphatic rings. The third kappa shape index (κ3) is 3.43. The molecule has 0 fully saturated rings. The van der Waals surface area contributed by atoms with Gasteiger partial charge in [0.1, 0.15) is 6.54 Å². The molecule has 0 unspecified atom stereocenters. The second-order valence-electron chi connectivity index (χ2n) is 9.06. The first-order valence-electron chi connectivity index (χ1n) is 10.4. The van der Waals surface area contributed by atoms with E-state index in [1.165, 1.54) is 4.90 Å². The molecule has 2 aromatic rings. The monoisotopic (exact) mass is 410 g/mol. The van der Waals surface area contributed by atoms with Crippen molar-refractivity contribution >= 4 is 34.2 Å². The molecule has 0 aliphatic carbocycles. The number of quaternary nitrogens is 1. The summed E-state index contributed by atoms with van der Waals surface area (Å²) in [6, 6.07) is 7.67. The van der Waals surface area contributed by atoms with Crippen molar-refractivity contribution in [3.63, 3.8) is 0 Å². The van der Waals surface area contributed by atoms with Gasteiger partial charge in [-0.1, -0.05) is 18.6 Å². The summed E-state index contributed by atoms with van der Waals surface area (Å²) < 4.78 is 0.800. The van der Waals surface area contributed by atoms with Gasteiger partial charge in [0.25, 0.3) is 11.8 Å². The number of hydrogen-bond acceptors (Lipinski definition) is 4. The predicted molar refractivity (Wildman–Crippen MR) is 115 cm³/mol. The van der Waals surface area contributed by atoms with Gasteiger partial charge in [0.2, 0.25) is 0 Å². The molecule has 0 saturated heterocycles. The SMILES string of the molecule is CN1C[N+](C)(C)Cc2cc3c4c(cccc4c21)C(=O)N(CCCCCC(=O)O)C3=O. The molecule has 0 bridgehead atoms. The van der Waals surface area contributed by atoms with Gasteiger partial charge >= 0.3 is 5.97 Å². The number of unbranched alkanes of at least 4 members (excludes halogenated alkanes) is 2. The van der Waals surface area contributed by atoms with Crippen molar-refractivity contribution in [3.8, 4) is 0 Å². The van der Waals surface area contributed by atoms with Crippen LogP contribution in [0, 0.1) is 0 Å². The van der Waals surface area contributed by atoms with E-state index in [1.807, 2.05) is 18.2 Å². The number of nitrogens with zero attached hydrogens (tertiary/aromatic N) is 3. The van der Waals surface area contributed by atoms with Crippen LogP contribution in [0.4, 0.5) is 5.69 Å². The number of carbonyl (C=O) groups excluding carboxylic acids is 2. The quantitative estimate of drug-likeness (QED) is 0.450. The van der Waals surface area contributed by atoms with Crippen LogP contribution >= 0.6 is 0 Å². The molecule has 2 amide bonds. The number of benzene rings is 2. The molecule has 7 nitrogen and oxygen atoms in total. The Morgan fingerprint density at radius 3 is 2.57 bits per heavy atom. The van der Waals surface area contributed by atoms with E-state index in [9.17, 15) is 14.4 Å². The van der Waals surface area contributed by atoms with E-state index in [4.69, 9.17) is 5.11 Å². The van der Waals surface area contributed by atoms with E-state index in [0.717, 1.165) is 39.7 Å². The fraction of sp³-hybridized carbons (Fsp3) is 0.435. The highest BCUT2D eigenvalue weighted by molar-refractivity contribution is 6.27. The summed E-state index contributed by atoms with van der Waals surface area (Å²) in [5.41, 5.74) is 3.40. The minimum Gasteiger partial charge on any atom is -0.481 e. The maximum absolute atomic E-state index is 13.3. The van der Waals surface area contributed by atoms with E-state index in [0.29, 0.717) is 36.9 Å². The zero-order chi connectivity index (χ0) is 21.6. The van der Waals surface area contributed by atoms with Gasteiger partial charge in [-0.05, 0) is 25.0 Å². The Hall–Kier alpha value is -2.93. The number of carbonyl (C=O) groups is 3. The second-order valence-corrected chi connectivity index (χ2v) is 9.06. The van der Waals surface area contributed by atoms with Gasteiger partial charge in [-0.15, -0.1) is 0 Å². The number of anilines is 1. The Bertz CT molecular complexity index is 1060. The van der Waals surface area contributed by atoms with Gasteiger partial charge in [0, 0.05) is 47.5 Å². The summed E-state index contributed by atoms with van der Waals surface area (Å²) >= 11 is 0. The summed E-state index contributed by atoms with van der Waals surface area (Å²) in [7, 11) is 6.39. The van der Waals surface area contributed by atoms with Gasteiger partial charge in [-0.3, -0.25) is 19.3 Å². The lowest BCUT2D eigenvalue weighted by molar-refractivity contribution is -0.904. The molecule has 0 aromatic heterocycles. The molecule has 0 atom stereocenters. The summed E-state index contributed by atoms with van der Waals surface area (Å²) in [5, 5.41) is 10.5. The van der Waals surface area contributed by atoms with Gasteiger partial charge in [-0.2, -0.15) is 0 Å². The maximum Gasteiger partial charge on any atom is 0.303 e. The Kier molecular flexibility index (Phi) is 5.02. The van der Waals surface area contributed by atoms with Crippen LogP contribution in [0.2, 0.25) is 0 Å². The Morgan fingerprint density at radius 2 is 1.83 bits per heavy atom. The van der Waals surface area contributed by atoms with E-state index in [-0.39, 0.29) is 18.2 Å². The highest BCUT2D eigenvalue weighted by Crippen LogP contribution is 2.41. The minimum atomic E-state index is -0.822. The van der Waals surface area contributed by atoms with E-state index in [2.05, 4.69) is 26.0 Å². The largest absolute Gasteiger partial charge is 0.481 e. The van der Waals surface area contributed by atoms with Crippen LogP contribution in [0.3, 0.4) is 0 Å². The molecule has 2 aliphatic heterocycles. The summed E-state index contributed by atoms with van der Waals surface area (Å²) in [4.78, 5) is 40.7. The molecule has 0 radical (unpaired) electrons. The third-order valence-corrected chi connectivity index (χ3v) is 6.01. The number of hydrogen-bond donors (Lipinski definition) is 1. The normalized spacial score (nSPS) is 17.4. The van der Waals surface area contributed by atoms with Crippen LogP contribution in [0.15, 0.2) is 24.3 Å². The maximum atomic E-state index is 13.3. The molecule has 0 spiro atoms. The molecule has 2 heterocycles. The lowest BCUT2D eigenvalue weighted by Crippen LogP contribution is -2.50. The van der Waals surface area contributed by atoms with Gasteiger partial charge < -0.3 is 14.5 Å². The van der Waals surface area contributed by atoms with Crippen LogP contribution in [0.5, 0.6) is 0 Å². The summed E-state index contributed by atoms with van der Waals surface area (Å²) in [6.45, 7) is 1.99. The highest BCUT2D eigenvalue weighted by atomic mass is 16.4. The summed E-state index contributed by atoms with van der Waals surface area (Å²) in [5.74, 6) is -1.33. The average molecular weight is 410 g/mol. The smallest absolute Gasteiger partial charge is 0.303 e. The molecule has 2 aromatic carbocycles. The van der Waals surface area contributed by atoms with Crippen LogP contribution in [-0.2, 0) is 11.3 Å². The Morgan fingerprint density at radius 1 is 1.10 bits per heavy atom. The van der Waals surface area contributed by atoms with Crippen LogP contribution in [-0.4, -0.2) is 66.6 Å². The first-order chi connectivity index (χ1) is 14.2. The molecular formula is C23H28N3O4+. The van der Waals surface area contributed by atoms with E-state index in [1.54, 1.807) is 6.07 Å². The first kappa shape index (κ1) is 20.3. The molecule has 0 saturated carbocycles. The van der Waals surface area contributed by atoms with Gasteiger partial charge in [0.15, 0.2) is 6.67 Å². The van der Waals surface area contributed by atoms with E-state index >= 15 is 0 Å². The zero-order valence-corrected chi connectivity index (χ0v) is 17.8. The topological polar surface area (TPSA) is 77.9 Å². The fourth-order valence-corrected chi connectivity index (χ4v) is 4.91.